The number of aromatic hydroxyl groups is 1. The van der Waals surface area contributed by atoms with E-state index in [4.69, 9.17) is 5.14 Å². The molecule has 0 saturated carbocycles. The van der Waals surface area contributed by atoms with E-state index in [-0.39, 0.29) is 23.8 Å². The molecule has 0 radical (unpaired) electrons. The Morgan fingerprint density at radius 1 is 1.45 bits per heavy atom. The number of nitrogens with zero attached hydrogens (tertiary/aromatic N) is 1. The first-order valence-corrected chi connectivity index (χ1v) is 8.77. The summed E-state index contributed by atoms with van der Waals surface area (Å²) in [7, 11) is -3.65. The number of primary sulfonamides is 1. The number of nitrogens with two attached hydrogens (primary N) is 1. The maximum atomic E-state index is 12.4. The molecule has 2 rings (SSSR count). The van der Waals surface area contributed by atoms with Crippen LogP contribution in [-0.4, -0.2) is 42.7 Å². The Bertz CT molecular complexity index is 632. The highest BCUT2D eigenvalue weighted by atomic mass is 127. The summed E-state index contributed by atoms with van der Waals surface area (Å²) in [5, 5.41) is 14.2. The molecule has 6 nitrogen and oxygen atoms in total. The Kier molecular flexibility index (Phi) is 4.55. The number of amides is 1. The number of carbonyl (C=O) groups excluding carboxylic acids is 1. The van der Waals surface area contributed by atoms with Gasteiger partial charge in [-0.1, -0.05) is 0 Å². The summed E-state index contributed by atoms with van der Waals surface area (Å²) in [5.41, 5.74) is 0.187. The highest BCUT2D eigenvalue weighted by molar-refractivity contribution is 14.1. The third-order valence-corrected chi connectivity index (χ3v) is 5.30. The molecule has 0 bridgehead atoms. The highest BCUT2D eigenvalue weighted by Crippen LogP contribution is 2.24. The number of carbonyl (C=O) groups is 1. The van der Waals surface area contributed by atoms with Crippen molar-refractivity contribution in [2.45, 2.75) is 18.1 Å². The number of piperidine rings is 1. The van der Waals surface area contributed by atoms with Gasteiger partial charge in [0.25, 0.3) is 5.91 Å². The average Bonchev–Trinajstić information content (AvgIpc) is 2.40. The second-order valence-electron chi connectivity index (χ2n) is 4.77. The van der Waals surface area contributed by atoms with Crippen LogP contribution in [0.5, 0.6) is 5.75 Å². The zero-order valence-electron chi connectivity index (χ0n) is 10.6. The van der Waals surface area contributed by atoms with Crippen molar-refractivity contribution in [1.82, 2.24) is 4.90 Å². The molecule has 1 saturated heterocycles. The van der Waals surface area contributed by atoms with Crippen molar-refractivity contribution in [3.05, 3.63) is 27.3 Å². The number of likely N-dealkylation sites (tertiary alicyclic amines) is 1. The minimum Gasteiger partial charge on any atom is -0.507 e. The summed E-state index contributed by atoms with van der Waals surface area (Å²) in [6.45, 7) is 0.540. The van der Waals surface area contributed by atoms with Crippen molar-refractivity contribution in [3.63, 3.8) is 0 Å². The molecule has 1 fully saturated rings. The number of sulfonamides is 1. The van der Waals surface area contributed by atoms with Crippen molar-refractivity contribution in [3.8, 4) is 5.75 Å². The van der Waals surface area contributed by atoms with Crippen LogP contribution in [0, 0.1) is 3.57 Å². The van der Waals surface area contributed by atoms with Crippen LogP contribution in [0.1, 0.15) is 23.2 Å². The Morgan fingerprint density at radius 2 is 2.15 bits per heavy atom. The van der Waals surface area contributed by atoms with Crippen LogP contribution in [0.25, 0.3) is 0 Å². The maximum Gasteiger partial charge on any atom is 0.257 e. The first-order chi connectivity index (χ1) is 9.29. The van der Waals surface area contributed by atoms with Gasteiger partial charge in [-0.3, -0.25) is 4.79 Å². The van der Waals surface area contributed by atoms with E-state index in [9.17, 15) is 18.3 Å². The van der Waals surface area contributed by atoms with Gasteiger partial charge in [0.1, 0.15) is 5.75 Å². The number of phenols is 1. The molecule has 0 aliphatic carbocycles. The van der Waals surface area contributed by atoms with E-state index < -0.39 is 15.3 Å². The topological polar surface area (TPSA) is 101 Å². The minimum atomic E-state index is -3.65. The number of halogens is 1. The van der Waals surface area contributed by atoms with Crippen LogP contribution in [-0.2, 0) is 10.0 Å². The third-order valence-electron chi connectivity index (χ3n) is 3.32. The van der Waals surface area contributed by atoms with Crippen LogP contribution in [0.3, 0.4) is 0 Å². The lowest BCUT2D eigenvalue weighted by molar-refractivity contribution is 0.0724. The lowest BCUT2D eigenvalue weighted by Gasteiger charge is -2.31. The van der Waals surface area contributed by atoms with Gasteiger partial charge in [-0.25, -0.2) is 13.6 Å². The molecule has 8 heteroatoms. The van der Waals surface area contributed by atoms with Crippen LogP contribution in [0.15, 0.2) is 18.2 Å². The molecule has 3 N–H and O–H groups in total. The van der Waals surface area contributed by atoms with Gasteiger partial charge in [-0.15, -0.1) is 0 Å². The van der Waals surface area contributed by atoms with Crippen molar-refractivity contribution < 1.29 is 18.3 Å². The van der Waals surface area contributed by atoms with Gasteiger partial charge in [0.05, 0.1) is 10.8 Å². The molecular weight excluding hydrogens is 395 g/mol. The SMILES string of the molecule is NS(=O)(=O)C1CCCN(C(=O)c2cc(I)ccc2O)C1. The number of hydrogen-bond acceptors (Lipinski definition) is 4. The molecule has 1 unspecified atom stereocenters. The average molecular weight is 410 g/mol. The Labute approximate surface area is 131 Å². The second-order valence-corrected chi connectivity index (χ2v) is 7.86. The summed E-state index contributed by atoms with van der Waals surface area (Å²) in [6, 6.07) is 4.73. The summed E-state index contributed by atoms with van der Waals surface area (Å²) in [5.74, 6) is -0.470. The fourth-order valence-corrected chi connectivity index (χ4v) is 3.61. The van der Waals surface area contributed by atoms with Crippen molar-refractivity contribution >= 4 is 38.5 Å². The van der Waals surface area contributed by atoms with Crippen LogP contribution in [0.2, 0.25) is 0 Å². The smallest absolute Gasteiger partial charge is 0.257 e. The molecule has 1 aliphatic rings. The lowest BCUT2D eigenvalue weighted by atomic mass is 10.1. The minimum absolute atomic E-state index is 0.0720. The largest absolute Gasteiger partial charge is 0.507 e. The van der Waals surface area contributed by atoms with E-state index in [2.05, 4.69) is 0 Å². The van der Waals surface area contributed by atoms with E-state index in [0.717, 1.165) is 3.57 Å². The second kappa shape index (κ2) is 5.86. The summed E-state index contributed by atoms with van der Waals surface area (Å²) >= 11 is 2.05. The molecule has 1 atom stereocenters. The zero-order chi connectivity index (χ0) is 14.9. The number of benzene rings is 1. The van der Waals surface area contributed by atoms with Gasteiger partial charge in [-0.05, 0) is 53.6 Å². The molecule has 1 aromatic carbocycles. The van der Waals surface area contributed by atoms with Gasteiger partial charge in [0.15, 0.2) is 0 Å². The summed E-state index contributed by atoms with van der Waals surface area (Å²) in [6.07, 6.45) is 1.04. The molecule has 0 aromatic heterocycles. The predicted molar refractivity (Wildman–Crippen MR) is 82.9 cm³/mol. The first-order valence-electron chi connectivity index (χ1n) is 6.08. The fourth-order valence-electron chi connectivity index (χ4n) is 2.24. The fraction of sp³-hybridized carbons (Fsp3) is 0.417. The maximum absolute atomic E-state index is 12.4. The van der Waals surface area contributed by atoms with Gasteiger partial charge in [0, 0.05) is 16.7 Å². The van der Waals surface area contributed by atoms with E-state index in [0.29, 0.717) is 19.4 Å². The highest BCUT2D eigenvalue weighted by Gasteiger charge is 2.31. The van der Waals surface area contributed by atoms with Gasteiger partial charge < -0.3 is 10.0 Å². The van der Waals surface area contributed by atoms with E-state index in [1.165, 1.54) is 11.0 Å². The van der Waals surface area contributed by atoms with E-state index in [1.807, 2.05) is 22.6 Å². The summed E-state index contributed by atoms with van der Waals surface area (Å²) < 4.78 is 23.6. The molecule has 1 amide bonds. The molecule has 0 spiro atoms. The Morgan fingerprint density at radius 3 is 2.80 bits per heavy atom. The number of hydrogen-bond donors (Lipinski definition) is 2. The Balaban J connectivity index is 2.23. The van der Waals surface area contributed by atoms with E-state index >= 15 is 0 Å². The molecular formula is C12H15IN2O4S. The zero-order valence-corrected chi connectivity index (χ0v) is 13.6. The molecule has 1 aliphatic heterocycles. The van der Waals surface area contributed by atoms with Crippen molar-refractivity contribution in [2.24, 2.45) is 5.14 Å². The lowest BCUT2D eigenvalue weighted by Crippen LogP contribution is -2.47. The van der Waals surface area contributed by atoms with Crippen LogP contribution < -0.4 is 5.14 Å². The van der Waals surface area contributed by atoms with E-state index in [1.54, 1.807) is 12.1 Å². The molecule has 1 heterocycles. The summed E-state index contributed by atoms with van der Waals surface area (Å²) in [4.78, 5) is 13.8. The molecule has 110 valence electrons. The molecule has 1 aromatic rings. The van der Waals surface area contributed by atoms with Gasteiger partial charge in [-0.2, -0.15) is 0 Å². The quantitative estimate of drug-likeness (QED) is 0.708. The van der Waals surface area contributed by atoms with Crippen LogP contribution >= 0.6 is 22.6 Å². The number of rotatable bonds is 2. The van der Waals surface area contributed by atoms with Gasteiger partial charge >= 0.3 is 0 Å². The monoisotopic (exact) mass is 410 g/mol. The van der Waals surface area contributed by atoms with Crippen molar-refractivity contribution in [2.75, 3.05) is 13.1 Å². The van der Waals surface area contributed by atoms with Crippen molar-refractivity contribution in [1.29, 1.82) is 0 Å². The number of phenolic OH excluding ortho intramolecular Hbond substituents is 1. The standard InChI is InChI=1S/C12H15IN2O4S/c13-8-3-4-11(16)10(6-8)12(17)15-5-1-2-9(7-15)20(14,18)19/h3-4,6,9,16H,1-2,5,7H2,(H2,14,18,19). The first kappa shape index (κ1) is 15.5. The molecule has 20 heavy (non-hydrogen) atoms. The predicted octanol–water partition coefficient (Wildman–Crippen LogP) is 0.890. The van der Waals surface area contributed by atoms with Crippen LogP contribution in [0.4, 0.5) is 0 Å². The Hall–Kier alpha value is -0.870. The third kappa shape index (κ3) is 3.41. The normalized spacial score (nSPS) is 19.9. The van der Waals surface area contributed by atoms with Gasteiger partial charge in [0.2, 0.25) is 10.0 Å².